The minimum Gasteiger partial charge on any atom is -0.261 e. The number of hydrogen-bond acceptors (Lipinski definition) is 7. The monoisotopic (exact) mass is 415 g/mol. The van der Waals surface area contributed by atoms with Gasteiger partial charge < -0.3 is 0 Å². The molecule has 1 aliphatic rings. The molecule has 0 bridgehead atoms. The van der Waals surface area contributed by atoms with Crippen LogP contribution in [0.4, 0.5) is 11.5 Å². The van der Waals surface area contributed by atoms with Gasteiger partial charge >= 0.3 is 0 Å². The minimum absolute atomic E-state index is 0.0114. The number of hydrazone groups is 1. The highest BCUT2D eigenvalue weighted by molar-refractivity contribution is 7.89. The Morgan fingerprint density at radius 1 is 1.14 bits per heavy atom. The molecule has 0 atom stereocenters. The van der Waals surface area contributed by atoms with E-state index in [1.807, 2.05) is 0 Å². The Labute approximate surface area is 169 Å². The first-order valence-electron chi connectivity index (χ1n) is 9.14. The van der Waals surface area contributed by atoms with Gasteiger partial charge in [0.2, 0.25) is 10.0 Å². The highest BCUT2D eigenvalue weighted by Gasteiger charge is 2.26. The number of nitrogens with zero attached hydrogens (tertiary/aromatic N) is 4. The van der Waals surface area contributed by atoms with Crippen molar-refractivity contribution in [2.24, 2.45) is 5.10 Å². The number of para-hydroxylation sites is 1. The molecule has 0 radical (unpaired) electrons. The lowest BCUT2D eigenvalue weighted by molar-refractivity contribution is -0.385. The topological polar surface area (TPSA) is 118 Å². The molecule has 9 nitrogen and oxygen atoms in total. The molecule has 0 amide bonds. The number of nitrogens with one attached hydrogen (secondary N) is 1. The number of anilines is 1. The molecule has 0 unspecified atom stereocenters. The summed E-state index contributed by atoms with van der Waals surface area (Å²) < 4.78 is 26.7. The second kappa shape index (κ2) is 9.39. The van der Waals surface area contributed by atoms with Crippen LogP contribution < -0.4 is 5.43 Å². The molecule has 152 valence electrons. The van der Waals surface area contributed by atoms with Gasteiger partial charge in [0.25, 0.3) is 5.69 Å². The summed E-state index contributed by atoms with van der Waals surface area (Å²) in [4.78, 5) is 14.8. The lowest BCUT2D eigenvalue weighted by Crippen LogP contribution is -2.35. The van der Waals surface area contributed by atoms with E-state index >= 15 is 0 Å². The van der Waals surface area contributed by atoms with Crippen molar-refractivity contribution in [3.05, 3.63) is 64.3 Å². The molecule has 1 aromatic carbocycles. The summed E-state index contributed by atoms with van der Waals surface area (Å²) in [6.07, 6.45) is 8.68. The molecule has 0 aliphatic carbocycles. The minimum atomic E-state index is -3.51. The van der Waals surface area contributed by atoms with E-state index in [-0.39, 0.29) is 10.6 Å². The highest BCUT2D eigenvalue weighted by atomic mass is 32.2. The maximum absolute atomic E-state index is 12.6. The van der Waals surface area contributed by atoms with E-state index in [2.05, 4.69) is 15.5 Å². The Hall–Kier alpha value is -3.11. The number of nitro benzene ring substituents is 1. The summed E-state index contributed by atoms with van der Waals surface area (Å²) in [5.74, 6) is 0.387. The molecule has 2 heterocycles. The standard InChI is InChI=1S/C19H21N5O4S/c25-24(26)18-9-3-2-7-16(18)8-6-12-21-22-19-11-10-17(15-20-19)29(27,28)23-13-4-1-5-14-23/h2-3,6-12,15H,1,4-5,13-14H2,(H,20,22)/b8-6+,21-12+. The third-order valence-electron chi connectivity index (χ3n) is 4.44. The first-order chi connectivity index (χ1) is 14.0. The number of hydrogen-bond donors (Lipinski definition) is 1. The Bertz CT molecular complexity index is 1010. The van der Waals surface area contributed by atoms with Crippen LogP contribution in [0.25, 0.3) is 6.08 Å². The van der Waals surface area contributed by atoms with Crippen molar-refractivity contribution in [3.8, 4) is 0 Å². The van der Waals surface area contributed by atoms with Gasteiger partial charge in [0.15, 0.2) is 0 Å². The summed E-state index contributed by atoms with van der Waals surface area (Å²) in [5, 5.41) is 14.9. The van der Waals surface area contributed by atoms with E-state index in [0.29, 0.717) is 24.5 Å². The van der Waals surface area contributed by atoms with Crippen molar-refractivity contribution in [2.45, 2.75) is 24.2 Å². The molecule has 1 N–H and O–H groups in total. The maximum atomic E-state index is 12.6. The average molecular weight is 415 g/mol. The molecular formula is C19H21N5O4S. The normalized spacial score (nSPS) is 15.7. The molecule has 2 aromatic rings. The molecule has 1 aromatic heterocycles. The zero-order chi connectivity index (χ0) is 20.7. The first kappa shape index (κ1) is 20.6. The van der Waals surface area contributed by atoms with E-state index in [1.54, 1.807) is 36.4 Å². The number of nitro groups is 1. The zero-order valence-corrected chi connectivity index (χ0v) is 16.5. The van der Waals surface area contributed by atoms with Crippen molar-refractivity contribution >= 4 is 33.8 Å². The van der Waals surface area contributed by atoms with Crippen LogP contribution in [0.3, 0.4) is 0 Å². The molecule has 0 spiro atoms. The molecule has 3 rings (SSSR count). The van der Waals surface area contributed by atoms with Crippen molar-refractivity contribution in [2.75, 3.05) is 18.5 Å². The van der Waals surface area contributed by atoms with Crippen LogP contribution in [0.2, 0.25) is 0 Å². The summed E-state index contributed by atoms with van der Waals surface area (Å²) in [5.41, 5.74) is 3.17. The van der Waals surface area contributed by atoms with Gasteiger partial charge in [-0.3, -0.25) is 15.5 Å². The number of pyridine rings is 1. The van der Waals surface area contributed by atoms with E-state index in [9.17, 15) is 18.5 Å². The van der Waals surface area contributed by atoms with E-state index in [4.69, 9.17) is 0 Å². The Morgan fingerprint density at radius 2 is 1.90 bits per heavy atom. The molecule has 10 heteroatoms. The van der Waals surface area contributed by atoms with Gasteiger partial charge in [-0.1, -0.05) is 18.6 Å². The molecular weight excluding hydrogens is 394 g/mol. The second-order valence-corrected chi connectivity index (χ2v) is 8.35. The lowest BCUT2D eigenvalue weighted by Gasteiger charge is -2.25. The van der Waals surface area contributed by atoms with Crippen LogP contribution in [0.5, 0.6) is 0 Å². The van der Waals surface area contributed by atoms with Gasteiger partial charge in [0.05, 0.1) is 10.5 Å². The predicted molar refractivity (Wildman–Crippen MR) is 111 cm³/mol. The number of piperidine rings is 1. The van der Waals surface area contributed by atoms with E-state index < -0.39 is 14.9 Å². The summed E-state index contributed by atoms with van der Waals surface area (Å²) in [6, 6.07) is 9.42. The number of allylic oxidation sites excluding steroid dienone is 1. The molecule has 29 heavy (non-hydrogen) atoms. The fourth-order valence-electron chi connectivity index (χ4n) is 2.94. The van der Waals surface area contributed by atoms with E-state index in [1.165, 1.54) is 28.8 Å². The lowest BCUT2D eigenvalue weighted by atomic mass is 10.2. The maximum Gasteiger partial charge on any atom is 0.276 e. The summed E-state index contributed by atoms with van der Waals surface area (Å²) in [6.45, 7) is 1.08. The third-order valence-corrected chi connectivity index (χ3v) is 6.32. The summed E-state index contributed by atoms with van der Waals surface area (Å²) >= 11 is 0. The van der Waals surface area contributed by atoms with Crippen molar-refractivity contribution in [1.29, 1.82) is 0 Å². The van der Waals surface area contributed by atoms with Crippen LogP contribution >= 0.6 is 0 Å². The van der Waals surface area contributed by atoms with Gasteiger partial charge in [0, 0.05) is 31.6 Å². The van der Waals surface area contributed by atoms with Crippen LogP contribution in [0.15, 0.2) is 58.7 Å². The Balaban J connectivity index is 1.60. The Morgan fingerprint density at radius 3 is 2.59 bits per heavy atom. The molecule has 1 saturated heterocycles. The van der Waals surface area contributed by atoms with Crippen molar-refractivity contribution < 1.29 is 13.3 Å². The molecule has 0 saturated carbocycles. The molecule has 1 fully saturated rings. The van der Waals surface area contributed by atoms with Gasteiger partial charge in [-0.2, -0.15) is 9.41 Å². The number of benzene rings is 1. The van der Waals surface area contributed by atoms with Crippen LogP contribution in [-0.2, 0) is 10.0 Å². The molecule has 1 aliphatic heterocycles. The van der Waals surface area contributed by atoms with Gasteiger partial charge in [-0.05, 0) is 43.2 Å². The fourth-order valence-corrected chi connectivity index (χ4v) is 4.40. The largest absolute Gasteiger partial charge is 0.276 e. The van der Waals surface area contributed by atoms with E-state index in [0.717, 1.165) is 19.3 Å². The number of rotatable bonds is 7. The predicted octanol–water partition coefficient (Wildman–Crippen LogP) is 3.28. The fraction of sp³-hybridized carbons (Fsp3) is 0.263. The zero-order valence-electron chi connectivity index (χ0n) is 15.6. The van der Waals surface area contributed by atoms with Gasteiger partial charge in [-0.15, -0.1) is 0 Å². The second-order valence-electron chi connectivity index (χ2n) is 6.41. The average Bonchev–Trinajstić information content (AvgIpc) is 2.74. The third kappa shape index (κ3) is 5.24. The van der Waals surface area contributed by atoms with Crippen molar-refractivity contribution in [3.63, 3.8) is 0 Å². The van der Waals surface area contributed by atoms with Crippen LogP contribution in [0.1, 0.15) is 24.8 Å². The number of sulfonamides is 1. The smallest absolute Gasteiger partial charge is 0.261 e. The van der Waals surface area contributed by atoms with Gasteiger partial charge in [-0.25, -0.2) is 13.4 Å². The highest BCUT2D eigenvalue weighted by Crippen LogP contribution is 2.21. The number of aromatic nitrogens is 1. The summed E-state index contributed by atoms with van der Waals surface area (Å²) in [7, 11) is -3.51. The Kier molecular flexibility index (Phi) is 6.68. The first-order valence-corrected chi connectivity index (χ1v) is 10.6. The van der Waals surface area contributed by atoms with Gasteiger partial charge in [0.1, 0.15) is 10.7 Å². The van der Waals surface area contributed by atoms with Crippen LogP contribution in [-0.4, -0.2) is 41.9 Å². The van der Waals surface area contributed by atoms with Crippen LogP contribution in [0, 0.1) is 10.1 Å². The van der Waals surface area contributed by atoms with Crippen molar-refractivity contribution in [1.82, 2.24) is 9.29 Å². The quantitative estimate of drug-likeness (QED) is 0.421. The SMILES string of the molecule is O=[N+]([O-])c1ccccc1/C=C/C=N/Nc1ccc(S(=O)(=O)N2CCCCC2)cn1.